The number of hydrogen-bond donors (Lipinski definition) is 3. The lowest BCUT2D eigenvalue weighted by Crippen LogP contribution is -2.38. The first-order chi connectivity index (χ1) is 19.6. The van der Waals surface area contributed by atoms with Gasteiger partial charge in [0.25, 0.3) is 11.8 Å². The van der Waals surface area contributed by atoms with E-state index in [1.165, 1.54) is 6.20 Å². The molecule has 2 aliphatic heterocycles. The van der Waals surface area contributed by atoms with E-state index in [4.69, 9.17) is 0 Å². The van der Waals surface area contributed by atoms with Crippen LogP contribution >= 0.6 is 0 Å². The molecule has 3 aromatic rings. The number of rotatable bonds is 6. The normalized spacial score (nSPS) is 21.3. The number of hydrazine groups is 1. The summed E-state index contributed by atoms with van der Waals surface area (Å²) < 4.78 is 54.3. The van der Waals surface area contributed by atoms with Gasteiger partial charge in [0.05, 0.1) is 23.1 Å². The van der Waals surface area contributed by atoms with Crippen molar-refractivity contribution in [2.75, 3.05) is 23.8 Å². The van der Waals surface area contributed by atoms with Gasteiger partial charge in [-0.05, 0) is 47.9 Å². The maximum atomic E-state index is 13.6. The highest BCUT2D eigenvalue weighted by Crippen LogP contribution is 2.43. The van der Waals surface area contributed by atoms with Gasteiger partial charge in [-0.1, -0.05) is 6.07 Å². The molecule has 4 heterocycles. The first kappa shape index (κ1) is 27.2. The van der Waals surface area contributed by atoms with Gasteiger partial charge in [-0.25, -0.2) is 17.6 Å². The molecule has 3 N–H and O–H groups in total. The topological polar surface area (TPSA) is 82.2 Å². The zero-order valence-electron chi connectivity index (χ0n) is 22.3. The van der Waals surface area contributed by atoms with Gasteiger partial charge in [-0.2, -0.15) is 0 Å². The third-order valence-corrected chi connectivity index (χ3v) is 7.97. The van der Waals surface area contributed by atoms with E-state index in [9.17, 15) is 22.4 Å². The monoisotopic (exact) mass is 566 g/mol. The molecule has 0 bridgehead atoms. The highest BCUT2D eigenvalue weighted by molar-refractivity contribution is 6.26. The van der Waals surface area contributed by atoms with Crippen molar-refractivity contribution in [2.45, 2.75) is 56.4 Å². The lowest BCUT2D eigenvalue weighted by atomic mass is 9.96. The number of likely N-dealkylation sites (tertiary alicyclic amines) is 1. The van der Waals surface area contributed by atoms with Gasteiger partial charge in [-0.3, -0.25) is 19.7 Å². The fourth-order valence-corrected chi connectivity index (χ4v) is 5.66. The molecular weight excluding hydrogens is 536 g/mol. The standard InChI is InChI=1S/C30H30F4N6O/c31-29(32)7-9-40(10-8-29)18-19-11-22(15-35-14-19)20-1-3-27-24(12-20)25(17-37-39-27)28(41)38-23-2-4-26(36-16-23)21-5-6-30(33,34)13-21/h1-4,11-12,14-17,21,37,39H,5-10,13,18H2,(H,38,41). The molecule has 1 saturated carbocycles. The number of carbonyl (C=O) groups excluding carboxylic acids is 1. The molecule has 1 aromatic carbocycles. The minimum Gasteiger partial charge on any atom is -0.321 e. The van der Waals surface area contributed by atoms with E-state index in [1.54, 1.807) is 30.7 Å². The van der Waals surface area contributed by atoms with Crippen molar-refractivity contribution in [1.29, 1.82) is 0 Å². The number of nitrogens with zero attached hydrogens (tertiary/aromatic N) is 3. The van der Waals surface area contributed by atoms with Crippen LogP contribution in [0.4, 0.5) is 28.9 Å². The Bertz CT molecular complexity index is 1470. The molecular formula is C30H30F4N6O. The van der Waals surface area contributed by atoms with Crippen molar-refractivity contribution in [3.8, 4) is 11.1 Å². The summed E-state index contributed by atoms with van der Waals surface area (Å²) >= 11 is 0. The third-order valence-electron chi connectivity index (χ3n) is 7.97. The first-order valence-corrected chi connectivity index (χ1v) is 13.7. The summed E-state index contributed by atoms with van der Waals surface area (Å²) in [6.07, 6.45) is 6.34. The van der Waals surface area contributed by atoms with E-state index in [2.05, 4.69) is 26.1 Å². The van der Waals surface area contributed by atoms with E-state index >= 15 is 0 Å². The fourth-order valence-electron chi connectivity index (χ4n) is 5.66. The zero-order valence-corrected chi connectivity index (χ0v) is 22.3. The van der Waals surface area contributed by atoms with Gasteiger partial charge in [0.15, 0.2) is 0 Å². The average Bonchev–Trinajstić information content (AvgIpc) is 3.33. The SMILES string of the molecule is O=C(Nc1ccc(C2CCC(F)(F)C2)nc1)C1=CNNc2ccc(-c3cncc(CN4CCC(F)(F)CC4)c3)cc21. The summed E-state index contributed by atoms with van der Waals surface area (Å²) in [6, 6.07) is 11.1. The molecule has 1 saturated heterocycles. The number of aromatic nitrogens is 2. The van der Waals surface area contributed by atoms with Crippen LogP contribution < -0.4 is 16.2 Å². The molecule has 7 nitrogen and oxygen atoms in total. The Labute approximate surface area is 235 Å². The van der Waals surface area contributed by atoms with Crippen LogP contribution in [0.3, 0.4) is 0 Å². The largest absolute Gasteiger partial charge is 0.321 e. The minimum absolute atomic E-state index is 0.130. The van der Waals surface area contributed by atoms with E-state index in [0.717, 1.165) is 22.4 Å². The van der Waals surface area contributed by atoms with Crippen LogP contribution in [0.5, 0.6) is 0 Å². The van der Waals surface area contributed by atoms with Gasteiger partial charge in [-0.15, -0.1) is 0 Å². The van der Waals surface area contributed by atoms with Crippen LogP contribution in [0.15, 0.2) is 61.2 Å². The molecule has 214 valence electrons. The van der Waals surface area contributed by atoms with Crippen LogP contribution in [-0.4, -0.2) is 45.7 Å². The summed E-state index contributed by atoms with van der Waals surface area (Å²) in [5.74, 6) is -5.87. The second kappa shape index (κ2) is 10.8. The molecule has 2 fully saturated rings. The van der Waals surface area contributed by atoms with Crippen LogP contribution in [0, 0.1) is 0 Å². The Morgan fingerprint density at radius 2 is 1.80 bits per heavy atom. The number of halogens is 4. The molecule has 0 spiro atoms. The highest BCUT2D eigenvalue weighted by atomic mass is 19.3. The second-order valence-electron chi connectivity index (χ2n) is 11.0. The van der Waals surface area contributed by atoms with Crippen molar-refractivity contribution in [3.05, 3.63) is 78.0 Å². The van der Waals surface area contributed by atoms with Gasteiger partial charge in [0.2, 0.25) is 5.92 Å². The summed E-state index contributed by atoms with van der Waals surface area (Å²) in [4.78, 5) is 24.0. The lowest BCUT2D eigenvalue weighted by Gasteiger charge is -2.31. The Hall–Kier alpha value is -3.99. The van der Waals surface area contributed by atoms with E-state index in [0.29, 0.717) is 48.6 Å². The van der Waals surface area contributed by atoms with Crippen LogP contribution in [-0.2, 0) is 11.3 Å². The number of hydrogen-bond acceptors (Lipinski definition) is 6. The second-order valence-corrected chi connectivity index (χ2v) is 11.0. The smallest absolute Gasteiger partial charge is 0.257 e. The number of alkyl halides is 4. The number of nitrogens with one attached hydrogen (secondary N) is 3. The van der Waals surface area contributed by atoms with Crippen molar-refractivity contribution in [3.63, 3.8) is 0 Å². The van der Waals surface area contributed by atoms with Crippen LogP contribution in [0.1, 0.15) is 54.8 Å². The third kappa shape index (κ3) is 6.19. The lowest BCUT2D eigenvalue weighted by molar-refractivity contribution is -0.111. The van der Waals surface area contributed by atoms with Crippen LogP contribution in [0.2, 0.25) is 0 Å². The number of anilines is 2. The van der Waals surface area contributed by atoms with Gasteiger partial charge in [0.1, 0.15) is 0 Å². The Balaban J connectivity index is 1.16. The molecule has 1 amide bonds. The molecule has 41 heavy (non-hydrogen) atoms. The minimum atomic E-state index is -2.65. The quantitative estimate of drug-likeness (QED) is 0.309. The number of carbonyl (C=O) groups is 1. The van der Waals surface area contributed by atoms with E-state index < -0.39 is 11.8 Å². The zero-order chi connectivity index (χ0) is 28.6. The molecule has 0 radical (unpaired) electrons. The van der Waals surface area contributed by atoms with Gasteiger partial charge >= 0.3 is 0 Å². The summed E-state index contributed by atoms with van der Waals surface area (Å²) in [6.45, 7) is 1.22. The molecule has 11 heteroatoms. The van der Waals surface area contributed by atoms with Crippen molar-refractivity contribution < 1.29 is 22.4 Å². The van der Waals surface area contributed by atoms with Crippen molar-refractivity contribution >= 4 is 22.9 Å². The summed E-state index contributed by atoms with van der Waals surface area (Å²) in [5.41, 5.74) is 11.4. The molecule has 1 aliphatic carbocycles. The summed E-state index contributed by atoms with van der Waals surface area (Å²) in [5, 5.41) is 2.85. The number of fused-ring (bicyclic) bond motifs is 1. The van der Waals surface area contributed by atoms with Crippen LogP contribution in [0.25, 0.3) is 16.7 Å². The average molecular weight is 567 g/mol. The number of piperidine rings is 1. The first-order valence-electron chi connectivity index (χ1n) is 13.7. The molecule has 1 unspecified atom stereocenters. The number of pyridine rings is 2. The van der Waals surface area contributed by atoms with E-state index in [1.807, 2.05) is 29.2 Å². The fraction of sp³-hybridized carbons (Fsp3) is 0.367. The molecule has 1 atom stereocenters. The van der Waals surface area contributed by atoms with Gasteiger partial charge in [0, 0.05) is 86.6 Å². The van der Waals surface area contributed by atoms with Gasteiger partial charge < -0.3 is 16.2 Å². The summed E-state index contributed by atoms with van der Waals surface area (Å²) in [7, 11) is 0. The predicted molar refractivity (Wildman–Crippen MR) is 148 cm³/mol. The molecule has 2 aromatic heterocycles. The molecule has 6 rings (SSSR count). The Morgan fingerprint density at radius 3 is 2.54 bits per heavy atom. The maximum Gasteiger partial charge on any atom is 0.257 e. The number of benzene rings is 1. The predicted octanol–water partition coefficient (Wildman–Crippen LogP) is 6.19. The highest BCUT2D eigenvalue weighted by Gasteiger charge is 2.40. The molecule has 3 aliphatic rings. The van der Waals surface area contributed by atoms with Crippen molar-refractivity contribution in [1.82, 2.24) is 20.3 Å². The van der Waals surface area contributed by atoms with Crippen molar-refractivity contribution in [2.24, 2.45) is 0 Å². The Kier molecular flexibility index (Phi) is 7.14. The number of amides is 1. The maximum absolute atomic E-state index is 13.6. The Morgan fingerprint density at radius 1 is 0.976 bits per heavy atom. The van der Waals surface area contributed by atoms with E-state index in [-0.39, 0.29) is 37.5 Å².